The first kappa shape index (κ1) is 23.9. The second-order valence-corrected chi connectivity index (χ2v) is 9.64. The topological polar surface area (TPSA) is 112 Å². The SMILES string of the molecule is Nc1ncnc2c1n(-c1ccc(Oc3ccccc3)cc1)c(=O)n2C1CN(C(=O)C=CCN2CCCC2)C1. The third-order valence-corrected chi connectivity index (χ3v) is 7.12. The van der Waals surface area contributed by atoms with E-state index in [-0.39, 0.29) is 23.5 Å². The normalized spacial score (nSPS) is 16.4. The molecule has 2 aromatic heterocycles. The van der Waals surface area contributed by atoms with Gasteiger partial charge in [-0.15, -0.1) is 0 Å². The van der Waals surface area contributed by atoms with E-state index in [2.05, 4.69) is 14.9 Å². The summed E-state index contributed by atoms with van der Waals surface area (Å²) in [5.41, 5.74) is 7.48. The molecule has 38 heavy (non-hydrogen) atoms. The summed E-state index contributed by atoms with van der Waals surface area (Å²) in [6.07, 6.45) is 7.37. The van der Waals surface area contributed by atoms with Crippen LogP contribution in [0.1, 0.15) is 18.9 Å². The highest BCUT2D eigenvalue weighted by Crippen LogP contribution is 2.28. The average Bonchev–Trinajstić information content (AvgIpc) is 3.52. The van der Waals surface area contributed by atoms with Crippen molar-refractivity contribution >= 4 is 22.9 Å². The fourth-order valence-corrected chi connectivity index (χ4v) is 5.10. The maximum Gasteiger partial charge on any atom is 0.335 e. The van der Waals surface area contributed by atoms with Gasteiger partial charge in [0.25, 0.3) is 0 Å². The smallest absolute Gasteiger partial charge is 0.335 e. The van der Waals surface area contributed by atoms with Gasteiger partial charge in [-0.25, -0.2) is 14.8 Å². The monoisotopic (exact) mass is 511 g/mol. The number of nitrogens with two attached hydrogens (primary N) is 1. The number of nitrogen functional groups attached to an aromatic ring is 1. The number of rotatable bonds is 7. The summed E-state index contributed by atoms with van der Waals surface area (Å²) >= 11 is 0. The highest BCUT2D eigenvalue weighted by molar-refractivity contribution is 5.88. The van der Waals surface area contributed by atoms with Crippen LogP contribution in [0.2, 0.25) is 0 Å². The van der Waals surface area contributed by atoms with Crippen molar-refractivity contribution < 1.29 is 9.53 Å². The Hall–Kier alpha value is -4.44. The van der Waals surface area contributed by atoms with Crippen molar-refractivity contribution in [3.8, 4) is 17.2 Å². The molecule has 0 spiro atoms. The lowest BCUT2D eigenvalue weighted by atomic mass is 10.1. The van der Waals surface area contributed by atoms with Gasteiger partial charge in [0, 0.05) is 25.7 Å². The average molecular weight is 512 g/mol. The van der Waals surface area contributed by atoms with E-state index in [4.69, 9.17) is 10.5 Å². The minimum Gasteiger partial charge on any atom is -0.457 e. The first-order valence-electron chi connectivity index (χ1n) is 12.8. The molecule has 0 unspecified atom stereocenters. The number of hydrogen-bond donors (Lipinski definition) is 1. The zero-order valence-corrected chi connectivity index (χ0v) is 20.9. The number of hydrogen-bond acceptors (Lipinski definition) is 7. The van der Waals surface area contributed by atoms with Crippen LogP contribution >= 0.6 is 0 Å². The Morgan fingerprint density at radius 1 is 1.00 bits per heavy atom. The third kappa shape index (κ3) is 4.54. The van der Waals surface area contributed by atoms with Crippen LogP contribution in [-0.4, -0.2) is 67.5 Å². The number of ether oxygens (including phenoxy) is 1. The molecule has 2 saturated heterocycles. The molecule has 2 aromatic carbocycles. The van der Waals surface area contributed by atoms with Gasteiger partial charge in [-0.3, -0.25) is 18.8 Å². The van der Waals surface area contributed by atoms with Crippen molar-refractivity contribution in [2.24, 2.45) is 0 Å². The molecule has 2 aliphatic heterocycles. The molecule has 1 amide bonds. The minimum absolute atomic E-state index is 0.0413. The summed E-state index contributed by atoms with van der Waals surface area (Å²) in [6, 6.07) is 16.5. The van der Waals surface area contributed by atoms with Crippen LogP contribution in [0, 0.1) is 0 Å². The predicted molar refractivity (Wildman–Crippen MR) is 144 cm³/mol. The van der Waals surface area contributed by atoms with Crippen molar-refractivity contribution in [3.63, 3.8) is 0 Å². The molecule has 2 fully saturated rings. The molecule has 0 radical (unpaired) electrons. The van der Waals surface area contributed by atoms with Gasteiger partial charge in [0.1, 0.15) is 23.3 Å². The Balaban J connectivity index is 1.23. The first-order valence-corrected chi connectivity index (χ1v) is 12.8. The van der Waals surface area contributed by atoms with E-state index in [0.29, 0.717) is 35.7 Å². The zero-order valence-electron chi connectivity index (χ0n) is 20.9. The Bertz CT molecular complexity index is 1530. The molecular formula is C28H29N7O3. The van der Waals surface area contributed by atoms with Gasteiger partial charge >= 0.3 is 5.69 Å². The molecule has 0 saturated carbocycles. The number of aromatic nitrogens is 4. The van der Waals surface area contributed by atoms with E-state index in [1.807, 2.05) is 36.4 Å². The van der Waals surface area contributed by atoms with Crippen LogP contribution < -0.4 is 16.2 Å². The summed E-state index contributed by atoms with van der Waals surface area (Å²) in [5, 5.41) is 0. The molecule has 4 aromatic rings. The summed E-state index contributed by atoms with van der Waals surface area (Å²) in [6.45, 7) is 3.83. The number of nitrogens with zero attached hydrogens (tertiary/aromatic N) is 6. The lowest BCUT2D eigenvalue weighted by Crippen LogP contribution is -2.52. The van der Waals surface area contributed by atoms with Crippen molar-refractivity contribution in [1.29, 1.82) is 0 Å². The molecule has 194 valence electrons. The van der Waals surface area contributed by atoms with E-state index in [9.17, 15) is 9.59 Å². The number of anilines is 1. The fraction of sp³-hybridized carbons (Fsp3) is 0.286. The largest absolute Gasteiger partial charge is 0.457 e. The van der Waals surface area contributed by atoms with E-state index in [1.165, 1.54) is 23.7 Å². The number of amides is 1. The summed E-state index contributed by atoms with van der Waals surface area (Å²) < 4.78 is 9.03. The van der Waals surface area contributed by atoms with Crippen LogP contribution in [0.15, 0.2) is 77.9 Å². The van der Waals surface area contributed by atoms with Crippen LogP contribution in [0.5, 0.6) is 11.5 Å². The van der Waals surface area contributed by atoms with E-state index >= 15 is 0 Å². The Morgan fingerprint density at radius 3 is 2.45 bits per heavy atom. The summed E-state index contributed by atoms with van der Waals surface area (Å²) in [5.74, 6) is 1.54. The lowest BCUT2D eigenvalue weighted by molar-refractivity contribution is -0.131. The molecule has 4 heterocycles. The van der Waals surface area contributed by atoms with Crippen molar-refractivity contribution in [1.82, 2.24) is 28.9 Å². The van der Waals surface area contributed by atoms with E-state index in [1.54, 1.807) is 39.8 Å². The van der Waals surface area contributed by atoms with Crippen molar-refractivity contribution in [3.05, 3.63) is 83.6 Å². The number of benzene rings is 2. The van der Waals surface area contributed by atoms with Crippen molar-refractivity contribution in [2.45, 2.75) is 18.9 Å². The number of carbonyl (C=O) groups is 1. The second-order valence-electron chi connectivity index (χ2n) is 9.64. The number of fused-ring (bicyclic) bond motifs is 1. The van der Waals surface area contributed by atoms with Gasteiger partial charge in [-0.1, -0.05) is 24.3 Å². The Kier molecular flexibility index (Phi) is 6.38. The molecular weight excluding hydrogens is 482 g/mol. The molecule has 10 heteroatoms. The van der Waals surface area contributed by atoms with Crippen LogP contribution in [0.25, 0.3) is 16.9 Å². The lowest BCUT2D eigenvalue weighted by Gasteiger charge is -2.38. The zero-order chi connectivity index (χ0) is 26.1. The van der Waals surface area contributed by atoms with E-state index < -0.39 is 0 Å². The molecule has 2 N–H and O–H groups in total. The molecule has 2 aliphatic rings. The molecule has 10 nitrogen and oxygen atoms in total. The maximum absolute atomic E-state index is 13.7. The summed E-state index contributed by atoms with van der Waals surface area (Å²) in [7, 11) is 0. The van der Waals surface area contributed by atoms with Gasteiger partial charge in [-0.05, 0) is 62.3 Å². The summed E-state index contributed by atoms with van der Waals surface area (Å²) in [4.78, 5) is 38.9. The van der Waals surface area contributed by atoms with Gasteiger partial charge < -0.3 is 15.4 Å². The molecule has 6 rings (SSSR count). The van der Waals surface area contributed by atoms with Gasteiger partial charge in [0.15, 0.2) is 11.5 Å². The number of carbonyl (C=O) groups excluding carboxylic acids is 1. The highest BCUT2D eigenvalue weighted by atomic mass is 16.5. The first-order chi connectivity index (χ1) is 18.6. The van der Waals surface area contributed by atoms with Gasteiger partial charge in [-0.2, -0.15) is 0 Å². The third-order valence-electron chi connectivity index (χ3n) is 7.12. The quantitative estimate of drug-likeness (QED) is 0.380. The maximum atomic E-state index is 13.7. The molecule has 0 aliphatic carbocycles. The Labute approximate surface area is 219 Å². The molecule has 0 atom stereocenters. The van der Waals surface area contributed by atoms with Gasteiger partial charge in [0.2, 0.25) is 5.91 Å². The second kappa shape index (κ2) is 10.1. The minimum atomic E-state index is -0.273. The van der Waals surface area contributed by atoms with Crippen LogP contribution in [-0.2, 0) is 4.79 Å². The standard InChI is InChI=1S/C28H29N7O3/c29-26-25-27(31-19-30-26)35(21-17-33(18-21)24(36)9-6-16-32-14-4-5-15-32)28(37)34(25)20-10-12-23(13-11-20)38-22-7-2-1-3-8-22/h1-3,6-13,19,21H,4-5,14-18H2,(H2,29,30,31). The highest BCUT2D eigenvalue weighted by Gasteiger charge is 2.35. The van der Waals surface area contributed by atoms with Gasteiger partial charge in [0.05, 0.1) is 11.7 Å². The number of para-hydroxylation sites is 1. The Morgan fingerprint density at radius 2 is 1.71 bits per heavy atom. The number of likely N-dealkylation sites (tertiary alicyclic amines) is 2. The fourth-order valence-electron chi connectivity index (χ4n) is 5.10. The molecule has 0 bridgehead atoms. The number of imidazole rings is 1. The van der Waals surface area contributed by atoms with E-state index in [0.717, 1.165) is 25.4 Å². The van der Waals surface area contributed by atoms with Crippen LogP contribution in [0.3, 0.4) is 0 Å². The van der Waals surface area contributed by atoms with Crippen molar-refractivity contribution in [2.75, 3.05) is 38.5 Å². The predicted octanol–water partition coefficient (Wildman–Crippen LogP) is 2.99. The van der Waals surface area contributed by atoms with Crippen LogP contribution in [0.4, 0.5) is 5.82 Å².